The molecule has 8 nitrogen and oxygen atoms in total. The van der Waals surface area contributed by atoms with Crippen LogP contribution in [0.5, 0.6) is 17.2 Å². The first-order valence-electron chi connectivity index (χ1n) is 10.6. The number of azo groups is 1. The van der Waals surface area contributed by atoms with Gasteiger partial charge in [0.2, 0.25) is 0 Å². The highest BCUT2D eigenvalue weighted by atomic mass is 16.5. The zero-order valence-corrected chi connectivity index (χ0v) is 18.7. The van der Waals surface area contributed by atoms with Crippen molar-refractivity contribution in [1.82, 2.24) is 0 Å². The average molecular weight is 457 g/mol. The number of methoxy groups -OCH3 is 2. The summed E-state index contributed by atoms with van der Waals surface area (Å²) in [5, 5.41) is 23.5. The van der Waals surface area contributed by atoms with Crippen molar-refractivity contribution in [1.29, 1.82) is 0 Å². The first-order valence-corrected chi connectivity index (χ1v) is 10.6. The fourth-order valence-corrected chi connectivity index (χ4v) is 3.70. The number of rotatable bonds is 7. The van der Waals surface area contributed by atoms with Crippen LogP contribution in [0.2, 0.25) is 0 Å². The number of phenolic OH excluding ortho intramolecular Hbond substituents is 1. The number of fused-ring (bicyclic) bond motifs is 1. The molecular weight excluding hydrogens is 434 g/mol. The summed E-state index contributed by atoms with van der Waals surface area (Å²) in [5.74, 6) is 0.154. The van der Waals surface area contributed by atoms with Gasteiger partial charge >= 0.3 is 0 Å². The van der Waals surface area contributed by atoms with Crippen LogP contribution < -0.4 is 25.2 Å². The molecule has 0 heterocycles. The SMILES string of the molecule is COc1cc(NC(=O)c2ccccc2)c(OC)cc1N=Nc1c(O)c(C=O)cc2c1=CCCC=2. The number of hydrogen-bond donors (Lipinski definition) is 2. The number of phenols is 1. The van der Waals surface area contributed by atoms with Crippen molar-refractivity contribution in [2.24, 2.45) is 10.2 Å². The van der Waals surface area contributed by atoms with E-state index >= 15 is 0 Å². The van der Waals surface area contributed by atoms with Gasteiger partial charge in [0.25, 0.3) is 5.91 Å². The lowest BCUT2D eigenvalue weighted by Crippen LogP contribution is -2.27. The monoisotopic (exact) mass is 457 g/mol. The average Bonchev–Trinajstić information content (AvgIpc) is 2.88. The summed E-state index contributed by atoms with van der Waals surface area (Å²) >= 11 is 0. The number of aromatic hydroxyl groups is 1. The van der Waals surface area contributed by atoms with Gasteiger partial charge in [0.05, 0.1) is 25.5 Å². The van der Waals surface area contributed by atoms with E-state index in [1.54, 1.807) is 42.5 Å². The molecule has 0 bridgehead atoms. The third-order valence-electron chi connectivity index (χ3n) is 5.42. The standard InChI is InChI=1S/C26H23N3O5/c1-33-22-14-21(23(34-2)13-20(22)27-26(32)16-8-4-3-5-9-16)28-29-24-19-11-7-6-10-17(19)12-18(15-30)25(24)31/h3-5,8-15,31H,6-7H2,1-2H3,(H,27,32). The predicted molar refractivity (Wildman–Crippen MR) is 129 cm³/mol. The molecule has 0 aliphatic heterocycles. The van der Waals surface area contributed by atoms with Crippen LogP contribution in [0.3, 0.4) is 0 Å². The topological polar surface area (TPSA) is 110 Å². The van der Waals surface area contributed by atoms with Crippen LogP contribution in [0.15, 0.2) is 58.8 Å². The fraction of sp³-hybridized carbons (Fsp3) is 0.154. The lowest BCUT2D eigenvalue weighted by Gasteiger charge is -2.13. The summed E-state index contributed by atoms with van der Waals surface area (Å²) in [4.78, 5) is 24.0. The summed E-state index contributed by atoms with van der Waals surface area (Å²) in [6, 6.07) is 13.6. The molecule has 34 heavy (non-hydrogen) atoms. The molecule has 3 aromatic rings. The summed E-state index contributed by atoms with van der Waals surface area (Å²) in [6.07, 6.45) is 6.17. The summed E-state index contributed by atoms with van der Waals surface area (Å²) in [5.41, 5.74) is 1.57. The van der Waals surface area contributed by atoms with E-state index in [9.17, 15) is 14.7 Å². The molecule has 1 aliphatic rings. The molecule has 0 fully saturated rings. The molecule has 1 aliphatic carbocycles. The molecule has 4 rings (SSSR count). The Morgan fingerprint density at radius 2 is 1.74 bits per heavy atom. The van der Waals surface area contributed by atoms with E-state index in [2.05, 4.69) is 15.5 Å². The fourth-order valence-electron chi connectivity index (χ4n) is 3.70. The molecule has 0 spiro atoms. The van der Waals surface area contributed by atoms with Crippen LogP contribution in [-0.2, 0) is 0 Å². The van der Waals surface area contributed by atoms with Crippen molar-refractivity contribution >= 4 is 41.4 Å². The second-order valence-electron chi connectivity index (χ2n) is 7.51. The minimum absolute atomic E-state index is 0.141. The molecule has 1 amide bonds. The van der Waals surface area contributed by atoms with Gasteiger partial charge in [0.1, 0.15) is 22.9 Å². The molecule has 3 aromatic carbocycles. The number of nitrogens with one attached hydrogen (secondary N) is 1. The van der Waals surface area contributed by atoms with Crippen LogP contribution in [0.4, 0.5) is 17.1 Å². The smallest absolute Gasteiger partial charge is 0.255 e. The lowest BCUT2D eigenvalue weighted by molar-refractivity contribution is 0.102. The molecular formula is C26H23N3O5. The van der Waals surface area contributed by atoms with Gasteiger partial charge in [-0.3, -0.25) is 9.59 Å². The Balaban J connectivity index is 1.74. The molecule has 0 aromatic heterocycles. The number of ether oxygens (including phenoxy) is 2. The van der Waals surface area contributed by atoms with Crippen LogP contribution >= 0.6 is 0 Å². The number of anilines is 1. The van der Waals surface area contributed by atoms with E-state index in [0.717, 1.165) is 23.3 Å². The van der Waals surface area contributed by atoms with Gasteiger partial charge in [-0.05, 0) is 36.3 Å². The minimum atomic E-state index is -0.302. The number of nitrogens with zero attached hydrogens (tertiary/aromatic N) is 2. The zero-order valence-electron chi connectivity index (χ0n) is 18.7. The number of carbonyl (C=O) groups is 2. The number of aldehydes is 1. The van der Waals surface area contributed by atoms with Crippen LogP contribution in [0.1, 0.15) is 33.6 Å². The summed E-state index contributed by atoms with van der Waals surface area (Å²) < 4.78 is 10.9. The maximum absolute atomic E-state index is 12.6. The molecule has 0 radical (unpaired) electrons. The second kappa shape index (κ2) is 9.99. The van der Waals surface area contributed by atoms with Crippen molar-refractivity contribution < 1.29 is 24.2 Å². The number of carbonyl (C=O) groups excluding carboxylic acids is 2. The zero-order chi connectivity index (χ0) is 24.1. The highest BCUT2D eigenvalue weighted by molar-refractivity contribution is 6.05. The van der Waals surface area contributed by atoms with E-state index < -0.39 is 0 Å². The van der Waals surface area contributed by atoms with Crippen molar-refractivity contribution in [3.63, 3.8) is 0 Å². The Bertz CT molecular complexity index is 1400. The van der Waals surface area contributed by atoms with Crippen molar-refractivity contribution in [2.45, 2.75) is 12.8 Å². The van der Waals surface area contributed by atoms with E-state index in [1.807, 2.05) is 18.2 Å². The molecule has 2 N–H and O–H groups in total. The van der Waals surface area contributed by atoms with E-state index in [-0.39, 0.29) is 22.9 Å². The van der Waals surface area contributed by atoms with Crippen LogP contribution in [0.25, 0.3) is 12.2 Å². The Kier molecular flexibility index (Phi) is 6.68. The maximum atomic E-state index is 12.6. The summed E-state index contributed by atoms with van der Waals surface area (Å²) in [7, 11) is 2.94. The third kappa shape index (κ3) is 4.52. The predicted octanol–water partition coefficient (Wildman–Crippen LogP) is 4.24. The van der Waals surface area contributed by atoms with Gasteiger partial charge in [-0.2, -0.15) is 0 Å². The normalized spacial score (nSPS) is 12.3. The third-order valence-corrected chi connectivity index (χ3v) is 5.42. The number of hydrogen-bond acceptors (Lipinski definition) is 7. The van der Waals surface area contributed by atoms with Crippen LogP contribution in [-0.4, -0.2) is 31.5 Å². The Hall–Kier alpha value is -4.46. The second-order valence-corrected chi connectivity index (χ2v) is 7.51. The van der Waals surface area contributed by atoms with E-state index in [1.165, 1.54) is 14.2 Å². The maximum Gasteiger partial charge on any atom is 0.255 e. The molecule has 0 saturated heterocycles. The largest absolute Gasteiger partial charge is 0.505 e. The van der Waals surface area contributed by atoms with Gasteiger partial charge in [0, 0.05) is 22.9 Å². The number of benzene rings is 3. The molecule has 8 heteroatoms. The Morgan fingerprint density at radius 3 is 2.44 bits per heavy atom. The van der Waals surface area contributed by atoms with Gasteiger partial charge < -0.3 is 19.9 Å². The molecule has 172 valence electrons. The quantitative estimate of drug-likeness (QED) is 0.407. The lowest BCUT2D eigenvalue weighted by atomic mass is 10.0. The van der Waals surface area contributed by atoms with Gasteiger partial charge in [0.15, 0.2) is 12.0 Å². The Morgan fingerprint density at radius 1 is 1.00 bits per heavy atom. The van der Waals surface area contributed by atoms with E-state index in [4.69, 9.17) is 9.47 Å². The first-order chi connectivity index (χ1) is 16.5. The molecule has 0 unspecified atom stereocenters. The van der Waals surface area contributed by atoms with Crippen molar-refractivity contribution in [3.8, 4) is 17.2 Å². The minimum Gasteiger partial charge on any atom is -0.505 e. The van der Waals surface area contributed by atoms with Gasteiger partial charge in [-0.15, -0.1) is 10.2 Å². The molecule has 0 saturated carbocycles. The van der Waals surface area contributed by atoms with Crippen molar-refractivity contribution in [2.75, 3.05) is 19.5 Å². The number of amides is 1. The molecule has 0 atom stereocenters. The highest BCUT2D eigenvalue weighted by Crippen LogP contribution is 2.39. The summed E-state index contributed by atoms with van der Waals surface area (Å²) in [6.45, 7) is 0. The Labute approximate surface area is 195 Å². The van der Waals surface area contributed by atoms with E-state index in [0.29, 0.717) is 34.7 Å². The highest BCUT2D eigenvalue weighted by Gasteiger charge is 2.16. The van der Waals surface area contributed by atoms with Gasteiger partial charge in [-0.1, -0.05) is 30.4 Å². The van der Waals surface area contributed by atoms with Gasteiger partial charge in [-0.25, -0.2) is 0 Å². The first kappa shape index (κ1) is 22.7. The van der Waals surface area contributed by atoms with Crippen LogP contribution in [0, 0.1) is 0 Å². The van der Waals surface area contributed by atoms with Crippen molar-refractivity contribution in [3.05, 3.63) is 70.1 Å².